The third kappa shape index (κ3) is 11.4. The van der Waals surface area contributed by atoms with Gasteiger partial charge in [-0.25, -0.2) is 4.79 Å². The molecule has 5 heteroatoms. The van der Waals surface area contributed by atoms with Crippen LogP contribution in [0.25, 0.3) is 0 Å². The lowest BCUT2D eigenvalue weighted by molar-refractivity contribution is -0.137. The van der Waals surface area contributed by atoms with Gasteiger partial charge in [-0.2, -0.15) is 0 Å². The van der Waals surface area contributed by atoms with Gasteiger partial charge >= 0.3 is 5.97 Å². The first kappa shape index (κ1) is 16.1. The number of aliphatic hydroxyl groups is 1. The molecule has 0 spiro atoms. The molecule has 98 valence electrons. The van der Waals surface area contributed by atoms with Crippen LogP contribution < -0.4 is 0 Å². The van der Waals surface area contributed by atoms with Crippen LogP contribution in [-0.4, -0.2) is 40.2 Å². The van der Waals surface area contributed by atoms with Crippen molar-refractivity contribution in [3.8, 4) is 0 Å². The van der Waals surface area contributed by atoms with Gasteiger partial charge in [0.25, 0.3) is 0 Å². The third-order valence-electron chi connectivity index (χ3n) is 2.04. The zero-order valence-electron chi connectivity index (χ0n) is 10.6. The lowest BCUT2D eigenvalue weighted by Crippen LogP contribution is -2.04. The zero-order valence-corrected chi connectivity index (χ0v) is 12.1. The summed E-state index contributed by atoms with van der Waals surface area (Å²) in [5.74, 6) is -0.414. The summed E-state index contributed by atoms with van der Waals surface area (Å²) in [6.45, 7) is 5.03. The minimum atomic E-state index is -0.545. The predicted molar refractivity (Wildman–Crippen MR) is 69.5 cm³/mol. The van der Waals surface area contributed by atoms with E-state index in [0.717, 1.165) is 19.1 Å². The Morgan fingerprint density at radius 1 is 1.53 bits per heavy atom. The maximum absolute atomic E-state index is 11.1. The first-order valence-corrected chi connectivity index (χ1v) is 7.63. The fraction of sp³-hybridized carbons (Fsp3) is 0.667. The molecule has 0 radical (unpaired) electrons. The van der Waals surface area contributed by atoms with Crippen LogP contribution >= 0.6 is 0 Å². The second kappa shape index (κ2) is 11.6. The standard InChI is InChI=1S/C12H22O4Si/c1-3-11(13)7-5-8-12(14)15-9-6-10-17-16-4-2/h7-8,11,13H,3-4,6,9-10,17H2,1-2H3. The largest absolute Gasteiger partial charge is 0.462 e. The fourth-order valence-electron chi connectivity index (χ4n) is 1.01. The molecule has 4 nitrogen and oxygen atoms in total. The second-order valence-electron chi connectivity index (χ2n) is 3.52. The minimum absolute atomic E-state index is 0.414. The Kier molecular flexibility index (Phi) is 11.0. The Bertz CT molecular complexity index is 259. The van der Waals surface area contributed by atoms with Crippen LogP contribution in [0.15, 0.2) is 17.9 Å². The summed E-state index contributed by atoms with van der Waals surface area (Å²) in [6, 6.07) is 1.02. The normalized spacial score (nSPS) is 12.2. The summed E-state index contributed by atoms with van der Waals surface area (Å²) in [5.41, 5.74) is 2.61. The van der Waals surface area contributed by atoms with Crippen LogP contribution in [0, 0.1) is 0 Å². The molecular formula is C12H22O4Si. The topological polar surface area (TPSA) is 55.8 Å². The van der Waals surface area contributed by atoms with Gasteiger partial charge in [-0.05, 0) is 31.9 Å². The number of hydrogen-bond acceptors (Lipinski definition) is 4. The lowest BCUT2D eigenvalue weighted by Gasteiger charge is -2.01. The van der Waals surface area contributed by atoms with Gasteiger partial charge in [0.15, 0.2) is 9.76 Å². The van der Waals surface area contributed by atoms with Crippen molar-refractivity contribution < 1.29 is 19.1 Å². The molecule has 0 aromatic carbocycles. The molecule has 0 aromatic heterocycles. The van der Waals surface area contributed by atoms with E-state index in [1.165, 1.54) is 12.2 Å². The maximum atomic E-state index is 11.1. The van der Waals surface area contributed by atoms with Crippen molar-refractivity contribution in [1.29, 1.82) is 0 Å². The Morgan fingerprint density at radius 2 is 2.29 bits per heavy atom. The van der Waals surface area contributed by atoms with E-state index in [4.69, 9.17) is 14.3 Å². The van der Waals surface area contributed by atoms with Crippen LogP contribution in [0.3, 0.4) is 0 Å². The number of hydrogen-bond donors (Lipinski definition) is 1. The highest BCUT2D eigenvalue weighted by molar-refractivity contribution is 6.26. The first-order chi connectivity index (χ1) is 8.20. The van der Waals surface area contributed by atoms with Crippen molar-refractivity contribution in [2.45, 2.75) is 38.8 Å². The van der Waals surface area contributed by atoms with E-state index in [1.807, 2.05) is 13.8 Å². The smallest absolute Gasteiger partial charge is 0.338 e. The van der Waals surface area contributed by atoms with E-state index in [0.29, 0.717) is 13.0 Å². The monoisotopic (exact) mass is 258 g/mol. The van der Waals surface area contributed by atoms with Gasteiger partial charge in [-0.3, -0.25) is 0 Å². The van der Waals surface area contributed by atoms with Gasteiger partial charge in [0.2, 0.25) is 0 Å². The molecule has 0 amide bonds. The Hall–Kier alpha value is -0.873. The zero-order chi connectivity index (χ0) is 12.9. The van der Waals surface area contributed by atoms with Gasteiger partial charge in [0, 0.05) is 6.61 Å². The van der Waals surface area contributed by atoms with E-state index < -0.39 is 21.8 Å². The fourth-order valence-corrected chi connectivity index (χ4v) is 1.91. The first-order valence-electron chi connectivity index (χ1n) is 6.05. The molecule has 0 aliphatic heterocycles. The summed E-state index contributed by atoms with van der Waals surface area (Å²) in [5, 5.41) is 9.17. The number of rotatable bonds is 9. The van der Waals surface area contributed by atoms with Gasteiger partial charge in [-0.1, -0.05) is 6.92 Å². The van der Waals surface area contributed by atoms with E-state index in [2.05, 4.69) is 5.73 Å². The predicted octanol–water partition coefficient (Wildman–Crippen LogP) is 0.940. The minimum Gasteiger partial charge on any atom is -0.462 e. The van der Waals surface area contributed by atoms with Gasteiger partial charge in [0.05, 0.1) is 18.8 Å². The van der Waals surface area contributed by atoms with Crippen LogP contribution in [-0.2, 0) is 14.0 Å². The lowest BCUT2D eigenvalue weighted by atomic mass is 10.3. The number of carbonyl (C=O) groups is 1. The molecule has 1 N–H and O–H groups in total. The second-order valence-corrected chi connectivity index (χ2v) is 5.05. The van der Waals surface area contributed by atoms with Crippen LogP contribution in [0.2, 0.25) is 6.04 Å². The van der Waals surface area contributed by atoms with Crippen molar-refractivity contribution in [3.63, 3.8) is 0 Å². The molecule has 1 atom stereocenters. The molecule has 0 aliphatic carbocycles. The molecule has 0 bridgehead atoms. The molecule has 0 aromatic rings. The average Bonchev–Trinajstić information content (AvgIpc) is 2.33. The van der Waals surface area contributed by atoms with Crippen LogP contribution in [0.5, 0.6) is 0 Å². The third-order valence-corrected chi connectivity index (χ3v) is 3.53. The van der Waals surface area contributed by atoms with E-state index in [1.54, 1.807) is 0 Å². The highest BCUT2D eigenvalue weighted by atomic mass is 28.2. The summed E-state index contributed by atoms with van der Waals surface area (Å²) in [6.07, 6.45) is 3.57. The SMILES string of the molecule is CCO[SiH2]CCCOC(=O)C=C=CC(O)CC. The summed E-state index contributed by atoms with van der Waals surface area (Å²) >= 11 is 0. The Morgan fingerprint density at radius 3 is 2.94 bits per heavy atom. The molecule has 0 saturated carbocycles. The highest BCUT2D eigenvalue weighted by Gasteiger charge is 1.96. The summed E-state index contributed by atoms with van der Waals surface area (Å²) in [4.78, 5) is 11.1. The van der Waals surface area contributed by atoms with E-state index in [-0.39, 0.29) is 0 Å². The molecule has 0 saturated heterocycles. The molecule has 0 aliphatic rings. The maximum Gasteiger partial charge on any atom is 0.338 e. The highest BCUT2D eigenvalue weighted by Crippen LogP contribution is 1.93. The molecule has 0 rings (SSSR count). The van der Waals surface area contributed by atoms with Crippen LogP contribution in [0.4, 0.5) is 0 Å². The number of aliphatic hydroxyl groups excluding tert-OH is 1. The van der Waals surface area contributed by atoms with Crippen LogP contribution in [0.1, 0.15) is 26.7 Å². The molecule has 0 fully saturated rings. The van der Waals surface area contributed by atoms with E-state index >= 15 is 0 Å². The number of ether oxygens (including phenoxy) is 1. The van der Waals surface area contributed by atoms with Gasteiger partial charge in [-0.15, -0.1) is 5.73 Å². The molecule has 17 heavy (non-hydrogen) atoms. The van der Waals surface area contributed by atoms with Crippen molar-refractivity contribution >= 4 is 15.7 Å². The van der Waals surface area contributed by atoms with Crippen molar-refractivity contribution in [1.82, 2.24) is 0 Å². The van der Waals surface area contributed by atoms with Crippen molar-refractivity contribution in [2.75, 3.05) is 13.2 Å². The summed E-state index contributed by atoms with van der Waals surface area (Å²) < 4.78 is 10.2. The summed E-state index contributed by atoms with van der Waals surface area (Å²) in [7, 11) is -0.420. The molecule has 0 heterocycles. The van der Waals surface area contributed by atoms with E-state index in [9.17, 15) is 4.79 Å². The Labute approximate surface area is 105 Å². The Balaban J connectivity index is 3.56. The quantitative estimate of drug-likeness (QED) is 0.220. The number of esters is 1. The molecular weight excluding hydrogens is 236 g/mol. The van der Waals surface area contributed by atoms with Crippen molar-refractivity contribution in [3.05, 3.63) is 17.9 Å². The average molecular weight is 258 g/mol. The van der Waals surface area contributed by atoms with Gasteiger partial charge < -0.3 is 14.3 Å². The number of carbonyl (C=O) groups excluding carboxylic acids is 1. The van der Waals surface area contributed by atoms with Crippen molar-refractivity contribution in [2.24, 2.45) is 0 Å². The van der Waals surface area contributed by atoms with Gasteiger partial charge in [0.1, 0.15) is 0 Å². The molecule has 1 unspecified atom stereocenters.